The lowest BCUT2D eigenvalue weighted by Gasteiger charge is -2.21. The Morgan fingerprint density at radius 2 is 0.539 bits per heavy atom. The molecule has 0 aliphatic carbocycles. The van der Waals surface area contributed by atoms with Gasteiger partial charge in [0, 0.05) is 25.7 Å². The van der Waals surface area contributed by atoms with E-state index in [1.165, 1.54) is 141 Å². The molecular formula is C70H136O17P2. The molecule has 0 aromatic heterocycles. The lowest BCUT2D eigenvalue weighted by molar-refractivity contribution is -0.161. The molecule has 0 fully saturated rings. The molecule has 0 aromatic carbocycles. The number of unbranched alkanes of at least 4 members (excludes halogenated alkanes) is 31. The predicted octanol–water partition coefficient (Wildman–Crippen LogP) is 19.7. The summed E-state index contributed by atoms with van der Waals surface area (Å²) in [5, 5.41) is 10.6. The third-order valence-corrected chi connectivity index (χ3v) is 18.7. The van der Waals surface area contributed by atoms with Gasteiger partial charge in [-0.05, 0) is 49.4 Å². The molecule has 528 valence electrons. The van der Waals surface area contributed by atoms with Crippen molar-refractivity contribution in [3.8, 4) is 0 Å². The highest BCUT2D eigenvalue weighted by Crippen LogP contribution is 2.45. The minimum atomic E-state index is -4.95. The van der Waals surface area contributed by atoms with Crippen LogP contribution in [0.25, 0.3) is 0 Å². The Morgan fingerprint density at radius 3 is 0.798 bits per heavy atom. The van der Waals surface area contributed by atoms with Gasteiger partial charge in [0.1, 0.15) is 19.3 Å². The van der Waals surface area contributed by atoms with Crippen LogP contribution < -0.4 is 0 Å². The molecule has 4 unspecified atom stereocenters. The minimum Gasteiger partial charge on any atom is -0.462 e. The van der Waals surface area contributed by atoms with E-state index in [9.17, 15) is 43.2 Å². The van der Waals surface area contributed by atoms with Gasteiger partial charge in [-0.2, -0.15) is 0 Å². The Hall–Kier alpha value is -1.94. The number of aliphatic hydroxyl groups is 1. The zero-order chi connectivity index (χ0) is 66.1. The van der Waals surface area contributed by atoms with E-state index in [2.05, 4.69) is 55.4 Å². The van der Waals surface area contributed by atoms with Gasteiger partial charge >= 0.3 is 39.5 Å². The van der Waals surface area contributed by atoms with Crippen molar-refractivity contribution < 1.29 is 80.2 Å². The van der Waals surface area contributed by atoms with Crippen molar-refractivity contribution in [2.45, 2.75) is 363 Å². The summed E-state index contributed by atoms with van der Waals surface area (Å²) in [6.45, 7) is 14.0. The van der Waals surface area contributed by atoms with Crippen molar-refractivity contribution in [2.24, 2.45) is 23.7 Å². The molecule has 0 bridgehead atoms. The van der Waals surface area contributed by atoms with Crippen molar-refractivity contribution >= 4 is 39.5 Å². The largest absolute Gasteiger partial charge is 0.472 e. The number of hydrogen-bond acceptors (Lipinski definition) is 15. The standard InChI is InChI=1S/C70H136O17P2/c1-9-62(7)48-40-32-26-28-35-43-51-68(73)81-57-66(87-70(75)53-45-37-29-27-33-41-49-63(8)10-2)59-85-89(78,79)83-55-64(71)54-82-88(76,77)84-58-65(86-69(74)52-44-36-25-21-23-31-39-47-61(5)6)56-80-67(72)50-42-34-24-20-18-16-14-12-11-13-15-17-19-22-30-38-46-60(3)4/h60-66,71H,9-59H2,1-8H3,(H,76,77)(H,78,79)/t62?,63?,64-,65-,66-/m1/s1. The highest BCUT2D eigenvalue weighted by Gasteiger charge is 2.30. The lowest BCUT2D eigenvalue weighted by atomic mass is 10.00. The SMILES string of the molecule is CCC(C)CCCCCCCCC(=O)OC[C@H](COP(=O)(O)OC[C@H](O)COP(=O)(O)OC[C@@H](COC(=O)CCCCCCCCCCCCCCCCCCC(C)C)OC(=O)CCCCCCCCCC(C)C)OC(=O)CCCCCCCCC(C)CC. The summed E-state index contributed by atoms with van der Waals surface area (Å²) in [6, 6.07) is 0. The first-order valence-corrected chi connectivity index (χ1v) is 39.3. The van der Waals surface area contributed by atoms with Gasteiger partial charge < -0.3 is 33.8 Å². The maximum atomic E-state index is 13.0. The molecule has 0 spiro atoms. The van der Waals surface area contributed by atoms with Crippen LogP contribution in [0.2, 0.25) is 0 Å². The topological polar surface area (TPSA) is 237 Å². The van der Waals surface area contributed by atoms with E-state index in [0.717, 1.165) is 114 Å². The molecule has 0 amide bonds. The summed E-state index contributed by atoms with van der Waals surface area (Å²) < 4.78 is 68.2. The molecule has 19 heteroatoms. The van der Waals surface area contributed by atoms with Crippen LogP contribution in [0.1, 0.15) is 344 Å². The summed E-state index contributed by atoms with van der Waals surface area (Å²) in [4.78, 5) is 72.4. The number of aliphatic hydroxyl groups excluding tert-OH is 1. The highest BCUT2D eigenvalue weighted by atomic mass is 31.2. The zero-order valence-electron chi connectivity index (χ0n) is 58.1. The number of carbonyl (C=O) groups excluding carboxylic acids is 4. The summed E-state index contributed by atoms with van der Waals surface area (Å²) in [5.74, 6) is 0.823. The van der Waals surface area contributed by atoms with E-state index >= 15 is 0 Å². The van der Waals surface area contributed by atoms with Crippen LogP contribution in [0.5, 0.6) is 0 Å². The van der Waals surface area contributed by atoms with Crippen LogP contribution in [0, 0.1) is 23.7 Å². The molecule has 0 radical (unpaired) electrons. The molecular weight excluding hydrogens is 1170 g/mol. The molecule has 0 saturated heterocycles. The summed E-state index contributed by atoms with van der Waals surface area (Å²) in [6.07, 6.45) is 42.0. The Bertz CT molecular complexity index is 1770. The molecule has 0 aromatic rings. The van der Waals surface area contributed by atoms with Gasteiger partial charge in [0.2, 0.25) is 0 Å². The maximum absolute atomic E-state index is 13.0. The number of ether oxygens (including phenoxy) is 4. The first kappa shape index (κ1) is 87.1. The zero-order valence-corrected chi connectivity index (χ0v) is 59.8. The van der Waals surface area contributed by atoms with Gasteiger partial charge in [0.05, 0.1) is 26.4 Å². The summed E-state index contributed by atoms with van der Waals surface area (Å²) >= 11 is 0. The molecule has 0 aliphatic heterocycles. The fourth-order valence-electron chi connectivity index (χ4n) is 10.4. The summed E-state index contributed by atoms with van der Waals surface area (Å²) in [7, 11) is -9.90. The Kier molecular flexibility index (Phi) is 58.5. The third-order valence-electron chi connectivity index (χ3n) is 16.8. The first-order valence-electron chi connectivity index (χ1n) is 36.3. The van der Waals surface area contributed by atoms with Crippen LogP contribution in [0.3, 0.4) is 0 Å². The predicted molar refractivity (Wildman–Crippen MR) is 358 cm³/mol. The molecule has 3 N–H and O–H groups in total. The number of phosphoric acid groups is 2. The molecule has 7 atom stereocenters. The second-order valence-electron chi connectivity index (χ2n) is 26.7. The van der Waals surface area contributed by atoms with E-state index < -0.39 is 97.5 Å². The maximum Gasteiger partial charge on any atom is 0.472 e. The minimum absolute atomic E-state index is 0.101. The van der Waals surface area contributed by atoms with Crippen molar-refractivity contribution in [2.75, 3.05) is 39.6 Å². The number of phosphoric ester groups is 2. The molecule has 17 nitrogen and oxygen atoms in total. The Labute approximate surface area is 543 Å². The third kappa shape index (κ3) is 62.0. The van der Waals surface area contributed by atoms with Crippen molar-refractivity contribution in [3.05, 3.63) is 0 Å². The van der Waals surface area contributed by atoms with E-state index in [0.29, 0.717) is 31.6 Å². The fourth-order valence-corrected chi connectivity index (χ4v) is 12.0. The average Bonchev–Trinajstić information content (AvgIpc) is 3.61. The van der Waals surface area contributed by atoms with Gasteiger partial charge in [0.25, 0.3) is 0 Å². The summed E-state index contributed by atoms with van der Waals surface area (Å²) in [5.41, 5.74) is 0. The van der Waals surface area contributed by atoms with E-state index in [1.54, 1.807) is 0 Å². The van der Waals surface area contributed by atoms with Gasteiger partial charge in [0.15, 0.2) is 12.2 Å². The molecule has 0 aliphatic rings. The molecule has 0 heterocycles. The Morgan fingerprint density at radius 1 is 0.315 bits per heavy atom. The number of carbonyl (C=O) groups is 4. The smallest absolute Gasteiger partial charge is 0.462 e. The monoisotopic (exact) mass is 1310 g/mol. The van der Waals surface area contributed by atoms with Crippen LogP contribution in [-0.2, 0) is 65.4 Å². The van der Waals surface area contributed by atoms with Gasteiger partial charge in [-0.3, -0.25) is 37.3 Å². The number of rotatable bonds is 67. The number of esters is 4. The first-order chi connectivity index (χ1) is 42.7. The lowest BCUT2D eigenvalue weighted by Crippen LogP contribution is -2.30. The van der Waals surface area contributed by atoms with E-state index in [-0.39, 0.29) is 25.7 Å². The molecule has 0 saturated carbocycles. The Balaban J connectivity index is 5.17. The molecule has 0 rings (SSSR count). The quantitative estimate of drug-likeness (QED) is 0.0222. The number of hydrogen-bond donors (Lipinski definition) is 3. The second-order valence-corrected chi connectivity index (χ2v) is 29.6. The average molecular weight is 1310 g/mol. The van der Waals surface area contributed by atoms with Crippen molar-refractivity contribution in [3.63, 3.8) is 0 Å². The highest BCUT2D eigenvalue weighted by molar-refractivity contribution is 7.47. The van der Waals surface area contributed by atoms with Crippen molar-refractivity contribution in [1.82, 2.24) is 0 Å². The van der Waals surface area contributed by atoms with Crippen LogP contribution in [-0.4, -0.2) is 96.7 Å². The van der Waals surface area contributed by atoms with E-state index in [1.807, 2.05) is 0 Å². The van der Waals surface area contributed by atoms with Gasteiger partial charge in [-0.15, -0.1) is 0 Å². The second kappa shape index (κ2) is 59.8. The van der Waals surface area contributed by atoms with Crippen LogP contribution >= 0.6 is 15.6 Å². The van der Waals surface area contributed by atoms with Crippen LogP contribution in [0.4, 0.5) is 0 Å². The van der Waals surface area contributed by atoms with E-state index in [4.69, 9.17) is 37.0 Å². The van der Waals surface area contributed by atoms with Gasteiger partial charge in [-0.1, -0.05) is 293 Å². The fraction of sp³-hybridized carbons (Fsp3) is 0.943. The van der Waals surface area contributed by atoms with Crippen molar-refractivity contribution in [1.29, 1.82) is 0 Å². The molecule has 89 heavy (non-hydrogen) atoms. The van der Waals surface area contributed by atoms with Crippen LogP contribution in [0.15, 0.2) is 0 Å². The normalized spacial score (nSPS) is 14.9. The van der Waals surface area contributed by atoms with Gasteiger partial charge in [-0.25, -0.2) is 9.13 Å².